The Balaban J connectivity index is 1.86. The molecule has 0 heterocycles. The van der Waals surface area contributed by atoms with Crippen molar-refractivity contribution < 1.29 is 9.53 Å². The van der Waals surface area contributed by atoms with E-state index in [0.717, 1.165) is 11.8 Å². The van der Waals surface area contributed by atoms with Gasteiger partial charge in [-0.3, -0.25) is 4.79 Å². The van der Waals surface area contributed by atoms with Gasteiger partial charge in [0.05, 0.1) is 12.7 Å². The zero-order valence-electron chi connectivity index (χ0n) is 15.1. The molecule has 0 N–H and O–H groups in total. The average molecular weight is 317 g/mol. The van der Waals surface area contributed by atoms with Crippen LogP contribution in [-0.2, 0) is 9.53 Å². The second-order valence-corrected chi connectivity index (χ2v) is 9.00. The van der Waals surface area contributed by atoms with Gasteiger partial charge in [0.1, 0.15) is 5.92 Å². The number of nitriles is 1. The molecule has 6 atom stereocenters. The van der Waals surface area contributed by atoms with Gasteiger partial charge in [0.15, 0.2) is 0 Å². The summed E-state index contributed by atoms with van der Waals surface area (Å²) in [4.78, 5) is 12.1. The topological polar surface area (TPSA) is 50.1 Å². The SMILES string of the molecule is CCOC(=O)C(C#N)CC1C2CCC3C2C(C)(C)CCCC13C. The lowest BCUT2D eigenvalue weighted by Gasteiger charge is -2.42. The molecule has 3 heteroatoms. The van der Waals surface area contributed by atoms with E-state index in [9.17, 15) is 10.1 Å². The third-order valence-corrected chi connectivity index (χ3v) is 7.57. The summed E-state index contributed by atoms with van der Waals surface area (Å²) in [7, 11) is 0. The minimum Gasteiger partial charge on any atom is -0.465 e. The van der Waals surface area contributed by atoms with Crippen LogP contribution in [0.15, 0.2) is 0 Å². The summed E-state index contributed by atoms with van der Waals surface area (Å²) in [5.41, 5.74) is 0.730. The van der Waals surface area contributed by atoms with Gasteiger partial charge < -0.3 is 4.74 Å². The van der Waals surface area contributed by atoms with Crippen LogP contribution in [0.2, 0.25) is 0 Å². The molecule has 0 aliphatic heterocycles. The van der Waals surface area contributed by atoms with Crippen molar-refractivity contribution in [2.75, 3.05) is 6.61 Å². The first-order chi connectivity index (χ1) is 10.8. The van der Waals surface area contributed by atoms with Gasteiger partial charge in [-0.25, -0.2) is 0 Å². The Bertz CT molecular complexity index is 520. The van der Waals surface area contributed by atoms with Crippen molar-refractivity contribution in [3.63, 3.8) is 0 Å². The number of nitrogens with zero attached hydrogens (tertiary/aromatic N) is 1. The van der Waals surface area contributed by atoms with Crippen molar-refractivity contribution in [1.29, 1.82) is 5.26 Å². The second-order valence-electron chi connectivity index (χ2n) is 9.00. The lowest BCUT2D eigenvalue weighted by molar-refractivity contribution is -0.147. The first-order valence-electron chi connectivity index (χ1n) is 9.41. The fraction of sp³-hybridized carbons (Fsp3) is 0.900. The van der Waals surface area contributed by atoms with E-state index in [1.807, 2.05) is 6.92 Å². The maximum atomic E-state index is 12.1. The Kier molecular flexibility index (Phi) is 4.23. The molecule has 4 bridgehead atoms. The molecular formula is C20H31NO2. The number of hydrogen-bond acceptors (Lipinski definition) is 3. The van der Waals surface area contributed by atoms with Gasteiger partial charge >= 0.3 is 5.97 Å². The molecule has 0 aromatic rings. The summed E-state index contributed by atoms with van der Waals surface area (Å²) < 4.78 is 5.13. The smallest absolute Gasteiger partial charge is 0.323 e. The van der Waals surface area contributed by atoms with Crippen molar-refractivity contribution in [2.24, 2.45) is 40.4 Å². The van der Waals surface area contributed by atoms with Crippen molar-refractivity contribution >= 4 is 5.97 Å². The summed E-state index contributed by atoms with van der Waals surface area (Å²) >= 11 is 0. The highest BCUT2D eigenvalue weighted by Crippen LogP contribution is 2.71. The summed E-state index contributed by atoms with van der Waals surface area (Å²) in [6.07, 6.45) is 7.23. The Morgan fingerprint density at radius 2 is 2.04 bits per heavy atom. The minimum absolute atomic E-state index is 0.312. The molecule has 0 aromatic heterocycles. The van der Waals surface area contributed by atoms with Crippen LogP contribution in [0.4, 0.5) is 0 Å². The van der Waals surface area contributed by atoms with E-state index in [4.69, 9.17) is 4.74 Å². The predicted molar refractivity (Wildman–Crippen MR) is 89.3 cm³/mol. The van der Waals surface area contributed by atoms with Crippen LogP contribution in [-0.4, -0.2) is 12.6 Å². The lowest BCUT2D eigenvalue weighted by atomic mass is 9.62. The van der Waals surface area contributed by atoms with Crippen molar-refractivity contribution in [3.8, 4) is 6.07 Å². The molecule has 23 heavy (non-hydrogen) atoms. The summed E-state index contributed by atoms with van der Waals surface area (Å²) in [6, 6.07) is 2.23. The van der Waals surface area contributed by atoms with Crippen molar-refractivity contribution in [1.82, 2.24) is 0 Å². The van der Waals surface area contributed by atoms with Gasteiger partial charge in [-0.05, 0) is 73.5 Å². The number of carbonyl (C=O) groups excluding carboxylic acids is 1. The number of esters is 1. The van der Waals surface area contributed by atoms with Crippen LogP contribution in [0.5, 0.6) is 0 Å². The van der Waals surface area contributed by atoms with Gasteiger partial charge in [-0.2, -0.15) is 5.26 Å². The van der Waals surface area contributed by atoms with Gasteiger partial charge in [0.2, 0.25) is 0 Å². The monoisotopic (exact) mass is 317 g/mol. The first kappa shape index (κ1) is 16.8. The third kappa shape index (κ3) is 2.49. The number of carbonyl (C=O) groups is 1. The molecule has 6 unspecified atom stereocenters. The van der Waals surface area contributed by atoms with Crippen LogP contribution < -0.4 is 0 Å². The molecule has 3 fully saturated rings. The van der Waals surface area contributed by atoms with Crippen LogP contribution >= 0.6 is 0 Å². The maximum absolute atomic E-state index is 12.1. The Hall–Kier alpha value is -1.04. The molecule has 3 saturated carbocycles. The van der Waals surface area contributed by atoms with Crippen molar-refractivity contribution in [2.45, 2.75) is 66.2 Å². The fourth-order valence-corrected chi connectivity index (χ4v) is 6.71. The summed E-state index contributed by atoms with van der Waals surface area (Å²) in [6.45, 7) is 9.52. The molecule has 0 spiro atoms. The van der Waals surface area contributed by atoms with E-state index in [2.05, 4.69) is 26.8 Å². The quantitative estimate of drug-likeness (QED) is 0.714. The standard InChI is InChI=1S/C20H31NO2/c1-5-23-18(22)13(12-21)11-16-14-7-8-15-17(14)19(2,3)9-6-10-20(15,16)4/h13-17H,5-11H2,1-4H3. The Morgan fingerprint density at radius 3 is 2.70 bits per heavy atom. The highest BCUT2D eigenvalue weighted by Gasteiger charge is 2.64. The minimum atomic E-state index is -0.582. The Labute approximate surface area is 140 Å². The van der Waals surface area contributed by atoms with E-state index >= 15 is 0 Å². The van der Waals surface area contributed by atoms with Crippen LogP contribution in [0.1, 0.15) is 66.2 Å². The van der Waals surface area contributed by atoms with Crippen LogP contribution in [0.3, 0.4) is 0 Å². The zero-order valence-corrected chi connectivity index (χ0v) is 15.1. The van der Waals surface area contributed by atoms with E-state index in [1.54, 1.807) is 0 Å². The molecule has 3 nitrogen and oxygen atoms in total. The van der Waals surface area contributed by atoms with E-state index in [1.165, 1.54) is 32.1 Å². The molecule has 3 rings (SSSR count). The van der Waals surface area contributed by atoms with Crippen LogP contribution in [0.25, 0.3) is 0 Å². The number of hydrogen-bond donors (Lipinski definition) is 0. The summed E-state index contributed by atoms with van der Waals surface area (Å²) in [5.74, 6) is 1.89. The molecule has 0 aromatic carbocycles. The van der Waals surface area contributed by atoms with E-state index in [0.29, 0.717) is 35.7 Å². The average Bonchev–Trinajstić information content (AvgIpc) is 2.98. The molecule has 128 valence electrons. The van der Waals surface area contributed by atoms with Gasteiger partial charge in [0, 0.05) is 0 Å². The molecule has 0 amide bonds. The second kappa shape index (κ2) is 5.80. The lowest BCUT2D eigenvalue weighted by Crippen LogP contribution is -2.36. The highest BCUT2D eigenvalue weighted by atomic mass is 16.5. The third-order valence-electron chi connectivity index (χ3n) is 7.57. The zero-order chi connectivity index (χ0) is 16.8. The number of ether oxygens (including phenoxy) is 1. The van der Waals surface area contributed by atoms with E-state index < -0.39 is 5.92 Å². The molecular weight excluding hydrogens is 286 g/mol. The highest BCUT2D eigenvalue weighted by molar-refractivity contribution is 5.75. The maximum Gasteiger partial charge on any atom is 0.323 e. The largest absolute Gasteiger partial charge is 0.465 e. The molecule has 3 aliphatic carbocycles. The Morgan fingerprint density at radius 1 is 1.30 bits per heavy atom. The van der Waals surface area contributed by atoms with Gasteiger partial charge in [-0.1, -0.05) is 27.2 Å². The molecule has 3 aliphatic rings. The van der Waals surface area contributed by atoms with E-state index in [-0.39, 0.29) is 5.97 Å². The number of rotatable bonds is 4. The molecule has 0 saturated heterocycles. The van der Waals surface area contributed by atoms with Gasteiger partial charge in [-0.15, -0.1) is 0 Å². The van der Waals surface area contributed by atoms with Crippen molar-refractivity contribution in [3.05, 3.63) is 0 Å². The normalized spacial score (nSPS) is 41.9. The van der Waals surface area contributed by atoms with Gasteiger partial charge in [0.25, 0.3) is 0 Å². The first-order valence-corrected chi connectivity index (χ1v) is 9.41. The predicted octanol–water partition coefficient (Wildman–Crippen LogP) is 4.57. The van der Waals surface area contributed by atoms with Crippen LogP contribution in [0, 0.1) is 51.8 Å². The molecule has 0 radical (unpaired) electrons. The summed E-state index contributed by atoms with van der Waals surface area (Å²) in [5, 5.41) is 9.49. The fourth-order valence-electron chi connectivity index (χ4n) is 6.71.